The van der Waals surface area contributed by atoms with Crippen molar-refractivity contribution in [2.75, 3.05) is 0 Å². The Hall–Kier alpha value is -3.86. The molecule has 5 heteroatoms. The number of ether oxygens (including phenoxy) is 1. The second-order valence-electron chi connectivity index (χ2n) is 7.88. The molecule has 31 heavy (non-hydrogen) atoms. The van der Waals surface area contributed by atoms with E-state index >= 15 is 0 Å². The molecule has 0 atom stereocenters. The van der Waals surface area contributed by atoms with Gasteiger partial charge in [0.2, 0.25) is 0 Å². The third-order valence-corrected chi connectivity index (χ3v) is 5.93. The fraction of sp³-hybridized carbons (Fsp3) is 0.154. The molecule has 1 aromatic heterocycles. The number of carbonyl (C=O) groups excluding carboxylic acids is 1. The lowest BCUT2D eigenvalue weighted by Gasteiger charge is -2.13. The number of imidazole rings is 1. The molecule has 0 N–H and O–H groups in total. The molecule has 0 spiro atoms. The molecule has 0 fully saturated rings. The number of benzene rings is 3. The molecule has 4 aromatic rings. The van der Waals surface area contributed by atoms with Gasteiger partial charge in [-0.3, -0.25) is 0 Å². The molecule has 0 unspecified atom stereocenters. The van der Waals surface area contributed by atoms with E-state index in [1.54, 1.807) is 18.2 Å². The summed E-state index contributed by atoms with van der Waals surface area (Å²) in [5.41, 5.74) is 8.65. The van der Waals surface area contributed by atoms with Crippen molar-refractivity contribution < 1.29 is 14.6 Å². The molecule has 2 heterocycles. The Kier molecular flexibility index (Phi) is 4.59. The lowest BCUT2D eigenvalue weighted by atomic mass is 9.93. The van der Waals surface area contributed by atoms with Crippen LogP contribution in [0.3, 0.4) is 0 Å². The molecule has 1 aliphatic heterocycles. The maximum atomic E-state index is 11.3. The van der Waals surface area contributed by atoms with Crippen molar-refractivity contribution in [1.29, 1.82) is 0 Å². The third-order valence-electron chi connectivity index (χ3n) is 5.93. The SMILES string of the molecule is Cc1cc2ncn(C/C=C3\c4ccccc4COc4cc(C(=O)[O-])ccc43)c2cc1C. The minimum atomic E-state index is -1.21. The third kappa shape index (κ3) is 3.38. The lowest BCUT2D eigenvalue weighted by Crippen LogP contribution is -2.22. The number of fused-ring (bicyclic) bond motifs is 3. The zero-order valence-corrected chi connectivity index (χ0v) is 17.4. The Morgan fingerprint density at radius 1 is 1.10 bits per heavy atom. The number of aryl methyl sites for hydroxylation is 2. The number of hydrogen-bond acceptors (Lipinski definition) is 4. The Bertz CT molecular complexity index is 1360. The van der Waals surface area contributed by atoms with Crippen LogP contribution in [0, 0.1) is 13.8 Å². The zero-order chi connectivity index (χ0) is 21.5. The summed E-state index contributed by atoms with van der Waals surface area (Å²) in [4.78, 5) is 15.9. The number of carbonyl (C=O) groups is 1. The minimum Gasteiger partial charge on any atom is -0.545 e. The van der Waals surface area contributed by atoms with Gasteiger partial charge in [-0.1, -0.05) is 36.4 Å². The number of nitrogens with zero attached hydrogens (tertiary/aromatic N) is 2. The fourth-order valence-electron chi connectivity index (χ4n) is 4.07. The lowest BCUT2D eigenvalue weighted by molar-refractivity contribution is -0.255. The van der Waals surface area contributed by atoms with E-state index in [-0.39, 0.29) is 5.56 Å². The van der Waals surface area contributed by atoms with Crippen LogP contribution in [0.4, 0.5) is 0 Å². The summed E-state index contributed by atoms with van der Waals surface area (Å²) in [7, 11) is 0. The van der Waals surface area contributed by atoms with Crippen molar-refractivity contribution >= 4 is 22.6 Å². The van der Waals surface area contributed by atoms with Gasteiger partial charge in [0.1, 0.15) is 12.4 Å². The van der Waals surface area contributed by atoms with Crippen LogP contribution in [0.2, 0.25) is 0 Å². The van der Waals surface area contributed by atoms with Gasteiger partial charge >= 0.3 is 0 Å². The van der Waals surface area contributed by atoms with Crippen LogP contribution >= 0.6 is 0 Å². The van der Waals surface area contributed by atoms with Crippen LogP contribution in [0.1, 0.15) is 38.2 Å². The Morgan fingerprint density at radius 2 is 1.90 bits per heavy atom. The van der Waals surface area contributed by atoms with E-state index in [1.807, 2.05) is 24.5 Å². The number of allylic oxidation sites excluding steroid dienone is 1. The van der Waals surface area contributed by atoms with E-state index in [2.05, 4.69) is 47.7 Å². The molecule has 0 saturated heterocycles. The minimum absolute atomic E-state index is 0.107. The summed E-state index contributed by atoms with van der Waals surface area (Å²) >= 11 is 0. The van der Waals surface area contributed by atoms with Crippen molar-refractivity contribution in [2.24, 2.45) is 0 Å². The second kappa shape index (κ2) is 7.43. The molecule has 5 nitrogen and oxygen atoms in total. The normalized spacial score (nSPS) is 14.1. The van der Waals surface area contributed by atoms with Crippen LogP contribution in [0.5, 0.6) is 5.75 Å². The summed E-state index contributed by atoms with van der Waals surface area (Å²) in [5.74, 6) is -0.666. The van der Waals surface area contributed by atoms with E-state index in [0.717, 1.165) is 33.3 Å². The van der Waals surface area contributed by atoms with Crippen LogP contribution in [0.25, 0.3) is 16.6 Å². The standard InChI is InChI=1S/C26H22N2O3/c1-16-11-23-24(12-17(16)2)28(15-27-23)10-9-21-20-6-4-3-5-19(20)14-31-25-13-18(26(29)30)7-8-22(21)25/h3-9,11-13,15H,10,14H2,1-2H3,(H,29,30)/p-1/b21-9+. The van der Waals surface area contributed by atoms with Crippen molar-refractivity contribution in [1.82, 2.24) is 9.55 Å². The molecule has 0 amide bonds. The first kappa shape index (κ1) is 19.1. The van der Waals surface area contributed by atoms with Crippen molar-refractivity contribution in [3.63, 3.8) is 0 Å². The maximum absolute atomic E-state index is 11.3. The topological polar surface area (TPSA) is 67.2 Å². The average Bonchev–Trinajstić information content (AvgIpc) is 3.07. The van der Waals surface area contributed by atoms with Crippen LogP contribution in [-0.2, 0) is 13.2 Å². The van der Waals surface area contributed by atoms with Crippen LogP contribution in [0.15, 0.2) is 67.0 Å². The summed E-state index contributed by atoms with van der Waals surface area (Å²) < 4.78 is 8.10. The highest BCUT2D eigenvalue weighted by Crippen LogP contribution is 2.37. The summed E-state index contributed by atoms with van der Waals surface area (Å²) in [5, 5.41) is 11.3. The Morgan fingerprint density at radius 3 is 2.74 bits per heavy atom. The molecule has 0 aliphatic carbocycles. The van der Waals surface area contributed by atoms with Gasteiger partial charge in [-0.15, -0.1) is 0 Å². The van der Waals surface area contributed by atoms with Crippen LogP contribution < -0.4 is 9.84 Å². The quantitative estimate of drug-likeness (QED) is 0.512. The smallest absolute Gasteiger partial charge is 0.128 e. The van der Waals surface area contributed by atoms with Gasteiger partial charge in [-0.05, 0) is 65.9 Å². The van der Waals surface area contributed by atoms with E-state index < -0.39 is 5.97 Å². The summed E-state index contributed by atoms with van der Waals surface area (Å²) in [6, 6.07) is 17.3. The van der Waals surface area contributed by atoms with E-state index in [1.165, 1.54) is 11.1 Å². The van der Waals surface area contributed by atoms with Gasteiger partial charge in [0.05, 0.1) is 23.3 Å². The van der Waals surface area contributed by atoms with E-state index in [4.69, 9.17) is 4.74 Å². The van der Waals surface area contributed by atoms with E-state index in [0.29, 0.717) is 18.9 Å². The first-order valence-corrected chi connectivity index (χ1v) is 10.2. The number of hydrogen-bond donors (Lipinski definition) is 0. The highest BCUT2D eigenvalue weighted by Gasteiger charge is 2.19. The molecule has 0 bridgehead atoms. The Labute approximate surface area is 180 Å². The molecular formula is C26H21N2O3-. The van der Waals surface area contributed by atoms with Gasteiger partial charge in [-0.2, -0.15) is 0 Å². The fourth-order valence-corrected chi connectivity index (χ4v) is 4.07. The van der Waals surface area contributed by atoms with Crippen molar-refractivity contribution in [3.05, 3.63) is 100 Å². The van der Waals surface area contributed by atoms with Gasteiger partial charge < -0.3 is 19.2 Å². The second-order valence-corrected chi connectivity index (χ2v) is 7.88. The highest BCUT2D eigenvalue weighted by molar-refractivity contribution is 5.90. The largest absolute Gasteiger partial charge is 0.545 e. The molecule has 0 saturated carbocycles. The number of carboxylic acids is 1. The average molecular weight is 409 g/mol. The number of aromatic carboxylic acids is 1. The maximum Gasteiger partial charge on any atom is 0.128 e. The Balaban J connectivity index is 1.63. The van der Waals surface area contributed by atoms with Crippen molar-refractivity contribution in [2.45, 2.75) is 27.0 Å². The summed E-state index contributed by atoms with van der Waals surface area (Å²) in [6.07, 6.45) is 4.02. The van der Waals surface area contributed by atoms with Crippen LogP contribution in [-0.4, -0.2) is 15.5 Å². The molecular weight excluding hydrogens is 388 g/mol. The first-order chi connectivity index (χ1) is 15.0. The molecule has 1 aliphatic rings. The number of rotatable bonds is 3. The number of aromatic nitrogens is 2. The number of carboxylic acid groups (broad SMARTS) is 1. The summed E-state index contributed by atoms with van der Waals surface area (Å²) in [6.45, 7) is 5.21. The predicted molar refractivity (Wildman–Crippen MR) is 118 cm³/mol. The predicted octanol–water partition coefficient (Wildman–Crippen LogP) is 4.04. The molecule has 5 rings (SSSR count). The monoisotopic (exact) mass is 409 g/mol. The highest BCUT2D eigenvalue weighted by atomic mass is 16.5. The molecule has 154 valence electrons. The van der Waals surface area contributed by atoms with Gasteiger partial charge in [0.15, 0.2) is 0 Å². The first-order valence-electron chi connectivity index (χ1n) is 10.2. The zero-order valence-electron chi connectivity index (χ0n) is 17.4. The molecule has 3 aromatic carbocycles. The van der Waals surface area contributed by atoms with E-state index in [9.17, 15) is 9.90 Å². The van der Waals surface area contributed by atoms with Gasteiger partial charge in [-0.25, -0.2) is 4.98 Å². The molecule has 0 radical (unpaired) electrons. The van der Waals surface area contributed by atoms with Gasteiger partial charge in [0.25, 0.3) is 0 Å². The van der Waals surface area contributed by atoms with Gasteiger partial charge in [0, 0.05) is 17.7 Å². The van der Waals surface area contributed by atoms with Crippen molar-refractivity contribution in [3.8, 4) is 5.75 Å².